The van der Waals surface area contributed by atoms with Crippen molar-refractivity contribution < 1.29 is 9.84 Å². The fourth-order valence-corrected chi connectivity index (χ4v) is 3.08. The summed E-state index contributed by atoms with van der Waals surface area (Å²) in [6, 6.07) is 11.3. The summed E-state index contributed by atoms with van der Waals surface area (Å²) in [7, 11) is 1.62. The number of methoxy groups -OCH3 is 1. The van der Waals surface area contributed by atoms with Crippen molar-refractivity contribution in [2.45, 2.75) is 18.9 Å². The van der Waals surface area contributed by atoms with Crippen molar-refractivity contribution in [3.8, 4) is 5.75 Å². The molecule has 0 saturated carbocycles. The third kappa shape index (κ3) is 3.05. The van der Waals surface area contributed by atoms with E-state index in [2.05, 4.69) is 0 Å². The van der Waals surface area contributed by atoms with Gasteiger partial charge in [-0.15, -0.1) is 11.3 Å². The Kier molecular flexibility index (Phi) is 3.95. The van der Waals surface area contributed by atoms with Gasteiger partial charge in [-0.3, -0.25) is 0 Å². The lowest BCUT2D eigenvalue weighted by Gasteiger charge is -2.23. The van der Waals surface area contributed by atoms with E-state index in [0.29, 0.717) is 6.42 Å². The average Bonchev–Trinajstić information content (AvgIpc) is 2.74. The number of ether oxygens (including phenoxy) is 1. The molecule has 0 bridgehead atoms. The SMILES string of the molecule is COc1cccc(C(C)(O)Cc2ccc(Cl)s2)c1. The Bertz CT molecular complexity index is 534. The molecule has 0 aliphatic rings. The van der Waals surface area contributed by atoms with E-state index < -0.39 is 5.60 Å². The quantitative estimate of drug-likeness (QED) is 0.923. The van der Waals surface area contributed by atoms with Crippen LogP contribution in [0.15, 0.2) is 36.4 Å². The molecule has 2 aromatic rings. The molecule has 1 N–H and O–H groups in total. The van der Waals surface area contributed by atoms with Gasteiger partial charge in [0.15, 0.2) is 0 Å². The minimum atomic E-state index is -0.928. The van der Waals surface area contributed by atoms with Crippen LogP contribution in [0.1, 0.15) is 17.4 Å². The van der Waals surface area contributed by atoms with Crippen LogP contribution in [0.3, 0.4) is 0 Å². The number of halogens is 1. The number of rotatable bonds is 4. The van der Waals surface area contributed by atoms with Gasteiger partial charge in [0.1, 0.15) is 5.75 Å². The standard InChI is InChI=1S/C14H15ClO2S/c1-14(16,9-12-6-7-13(15)18-12)10-4-3-5-11(8-10)17-2/h3-8,16H,9H2,1-2H3. The molecule has 1 heterocycles. The minimum Gasteiger partial charge on any atom is -0.497 e. The molecule has 0 amide bonds. The van der Waals surface area contributed by atoms with Crippen molar-refractivity contribution in [1.82, 2.24) is 0 Å². The second-order valence-electron chi connectivity index (χ2n) is 4.39. The van der Waals surface area contributed by atoms with E-state index in [4.69, 9.17) is 16.3 Å². The Morgan fingerprint density at radius 1 is 1.33 bits per heavy atom. The van der Waals surface area contributed by atoms with Crippen LogP contribution < -0.4 is 4.74 Å². The first-order chi connectivity index (χ1) is 8.51. The molecule has 0 saturated heterocycles. The highest BCUT2D eigenvalue weighted by Gasteiger charge is 2.24. The average molecular weight is 283 g/mol. The molecule has 1 aromatic carbocycles. The molecule has 0 radical (unpaired) electrons. The van der Waals surface area contributed by atoms with E-state index in [9.17, 15) is 5.11 Å². The van der Waals surface area contributed by atoms with E-state index in [1.807, 2.05) is 36.4 Å². The van der Waals surface area contributed by atoms with Gasteiger partial charge < -0.3 is 9.84 Å². The molecular formula is C14H15ClO2S. The fourth-order valence-electron chi connectivity index (χ4n) is 1.85. The lowest BCUT2D eigenvalue weighted by molar-refractivity contribution is 0.0582. The first-order valence-electron chi connectivity index (χ1n) is 5.62. The molecule has 1 aromatic heterocycles. The van der Waals surface area contributed by atoms with Crippen LogP contribution in [-0.2, 0) is 12.0 Å². The monoisotopic (exact) mass is 282 g/mol. The lowest BCUT2D eigenvalue weighted by Crippen LogP contribution is -2.23. The third-order valence-corrected chi connectivity index (χ3v) is 4.07. The van der Waals surface area contributed by atoms with Crippen LogP contribution in [0.2, 0.25) is 4.34 Å². The van der Waals surface area contributed by atoms with Crippen LogP contribution in [0, 0.1) is 0 Å². The third-order valence-electron chi connectivity index (χ3n) is 2.84. The number of thiophene rings is 1. The number of benzene rings is 1. The fraction of sp³-hybridized carbons (Fsp3) is 0.286. The van der Waals surface area contributed by atoms with E-state index in [1.54, 1.807) is 14.0 Å². The molecule has 0 aliphatic heterocycles. The molecule has 2 nitrogen and oxygen atoms in total. The van der Waals surface area contributed by atoms with Crippen molar-refractivity contribution >= 4 is 22.9 Å². The molecular weight excluding hydrogens is 268 g/mol. The smallest absolute Gasteiger partial charge is 0.119 e. The number of hydrogen-bond acceptors (Lipinski definition) is 3. The molecule has 0 fully saturated rings. The maximum atomic E-state index is 10.6. The topological polar surface area (TPSA) is 29.5 Å². The summed E-state index contributed by atoms with van der Waals surface area (Å²) < 4.78 is 5.92. The van der Waals surface area contributed by atoms with Gasteiger partial charge in [-0.25, -0.2) is 0 Å². The largest absolute Gasteiger partial charge is 0.497 e. The second-order valence-corrected chi connectivity index (χ2v) is 6.19. The molecule has 18 heavy (non-hydrogen) atoms. The van der Waals surface area contributed by atoms with Gasteiger partial charge in [-0.1, -0.05) is 23.7 Å². The molecule has 0 spiro atoms. The first-order valence-corrected chi connectivity index (χ1v) is 6.82. The molecule has 4 heteroatoms. The van der Waals surface area contributed by atoms with Crippen LogP contribution >= 0.6 is 22.9 Å². The van der Waals surface area contributed by atoms with Crippen molar-refractivity contribution in [3.63, 3.8) is 0 Å². The maximum Gasteiger partial charge on any atom is 0.119 e. The van der Waals surface area contributed by atoms with Crippen LogP contribution in [0.25, 0.3) is 0 Å². The van der Waals surface area contributed by atoms with Crippen LogP contribution in [-0.4, -0.2) is 12.2 Å². The van der Waals surface area contributed by atoms with Crippen LogP contribution in [0.4, 0.5) is 0 Å². The first kappa shape index (κ1) is 13.4. The van der Waals surface area contributed by atoms with Gasteiger partial charge in [-0.05, 0) is 36.8 Å². The van der Waals surface area contributed by atoms with Crippen molar-refractivity contribution in [2.75, 3.05) is 7.11 Å². The zero-order valence-electron chi connectivity index (χ0n) is 10.3. The minimum absolute atomic E-state index is 0.539. The Hall–Kier alpha value is -1.03. The maximum absolute atomic E-state index is 10.6. The summed E-state index contributed by atoms with van der Waals surface area (Å²) in [5.41, 5.74) is -0.0886. The van der Waals surface area contributed by atoms with Gasteiger partial charge >= 0.3 is 0 Å². The summed E-state index contributed by atoms with van der Waals surface area (Å²) in [5, 5.41) is 10.6. The van der Waals surface area contributed by atoms with Gasteiger partial charge in [-0.2, -0.15) is 0 Å². The summed E-state index contributed by atoms with van der Waals surface area (Å²) in [6.45, 7) is 1.80. The second kappa shape index (κ2) is 5.31. The molecule has 2 rings (SSSR count). The van der Waals surface area contributed by atoms with Gasteiger partial charge in [0.2, 0.25) is 0 Å². The number of aliphatic hydroxyl groups is 1. The normalized spacial score (nSPS) is 14.2. The van der Waals surface area contributed by atoms with E-state index in [1.165, 1.54) is 11.3 Å². The highest BCUT2D eigenvalue weighted by Crippen LogP contribution is 2.31. The highest BCUT2D eigenvalue weighted by molar-refractivity contribution is 7.16. The summed E-state index contributed by atoms with van der Waals surface area (Å²) >= 11 is 7.39. The molecule has 96 valence electrons. The Balaban J connectivity index is 2.23. The lowest BCUT2D eigenvalue weighted by atomic mass is 9.92. The summed E-state index contributed by atoms with van der Waals surface area (Å²) in [5.74, 6) is 0.747. The van der Waals surface area contributed by atoms with Crippen molar-refractivity contribution in [2.24, 2.45) is 0 Å². The van der Waals surface area contributed by atoms with E-state index in [-0.39, 0.29) is 0 Å². The Morgan fingerprint density at radius 3 is 2.72 bits per heavy atom. The van der Waals surface area contributed by atoms with Gasteiger partial charge in [0.25, 0.3) is 0 Å². The number of hydrogen-bond donors (Lipinski definition) is 1. The molecule has 0 aliphatic carbocycles. The Labute approximate surface area is 116 Å². The predicted molar refractivity (Wildman–Crippen MR) is 75.6 cm³/mol. The molecule has 1 unspecified atom stereocenters. The van der Waals surface area contributed by atoms with Gasteiger partial charge in [0.05, 0.1) is 17.0 Å². The summed E-state index contributed by atoms with van der Waals surface area (Å²) in [4.78, 5) is 1.06. The van der Waals surface area contributed by atoms with E-state index in [0.717, 1.165) is 20.5 Å². The Morgan fingerprint density at radius 2 is 2.11 bits per heavy atom. The zero-order valence-corrected chi connectivity index (χ0v) is 11.9. The van der Waals surface area contributed by atoms with Crippen LogP contribution in [0.5, 0.6) is 5.75 Å². The highest BCUT2D eigenvalue weighted by atomic mass is 35.5. The van der Waals surface area contributed by atoms with Crippen molar-refractivity contribution in [1.29, 1.82) is 0 Å². The molecule has 1 atom stereocenters. The predicted octanol–water partition coefficient (Wildman–Crippen LogP) is 3.86. The van der Waals surface area contributed by atoms with E-state index >= 15 is 0 Å². The van der Waals surface area contributed by atoms with Gasteiger partial charge in [0, 0.05) is 11.3 Å². The van der Waals surface area contributed by atoms with Crippen molar-refractivity contribution in [3.05, 3.63) is 51.2 Å². The zero-order chi connectivity index (χ0) is 13.2. The summed E-state index contributed by atoms with van der Waals surface area (Å²) in [6.07, 6.45) is 0.539.